The molecule has 0 spiro atoms. The van der Waals surface area contributed by atoms with Gasteiger partial charge in [-0.25, -0.2) is 0 Å². The Morgan fingerprint density at radius 1 is 0.857 bits per heavy atom. The van der Waals surface area contributed by atoms with E-state index in [0.29, 0.717) is 39.1 Å². The zero-order valence-corrected chi connectivity index (χ0v) is 17.1. The van der Waals surface area contributed by atoms with E-state index in [-0.39, 0.29) is 11.6 Å². The van der Waals surface area contributed by atoms with E-state index in [2.05, 4.69) is 22.9 Å². The highest BCUT2D eigenvalue weighted by Gasteiger charge is 2.35. The highest BCUT2D eigenvalue weighted by Crippen LogP contribution is 2.40. The van der Waals surface area contributed by atoms with Crippen LogP contribution in [0.2, 0.25) is 0 Å². The zero-order chi connectivity index (χ0) is 19.7. The number of ether oxygens (including phenoxy) is 1. The van der Waals surface area contributed by atoms with Crippen LogP contribution >= 0.6 is 15.9 Å². The molecule has 0 bridgehead atoms. The first-order valence-electron chi connectivity index (χ1n) is 9.32. The number of benzene rings is 3. The summed E-state index contributed by atoms with van der Waals surface area (Å²) in [5.41, 5.74) is 3.59. The van der Waals surface area contributed by atoms with Gasteiger partial charge in [0.15, 0.2) is 11.6 Å². The molecule has 0 saturated carbocycles. The second-order valence-electron chi connectivity index (χ2n) is 6.82. The molecule has 0 N–H and O–H groups in total. The van der Waals surface area contributed by atoms with Crippen molar-refractivity contribution in [2.45, 2.75) is 26.4 Å². The molecule has 0 fully saturated rings. The molecule has 0 amide bonds. The Morgan fingerprint density at radius 3 is 2.11 bits per heavy atom. The maximum atomic E-state index is 13.3. The quantitative estimate of drug-likeness (QED) is 0.401. The number of ketones is 2. The number of aryl methyl sites for hydroxylation is 1. The molecule has 1 aliphatic carbocycles. The van der Waals surface area contributed by atoms with Crippen molar-refractivity contribution in [3.05, 3.63) is 98.5 Å². The number of fused-ring (bicyclic) bond motifs is 2. The second kappa shape index (κ2) is 7.72. The van der Waals surface area contributed by atoms with Gasteiger partial charge in [0.1, 0.15) is 12.4 Å². The Kier molecular flexibility index (Phi) is 5.14. The zero-order valence-electron chi connectivity index (χ0n) is 15.5. The molecular formula is C24H19BrO3. The fourth-order valence-corrected chi connectivity index (χ4v) is 4.28. The molecule has 0 aromatic heterocycles. The van der Waals surface area contributed by atoms with Crippen LogP contribution in [0.5, 0.6) is 5.75 Å². The molecule has 140 valence electrons. The first-order valence-corrected chi connectivity index (χ1v) is 10.1. The van der Waals surface area contributed by atoms with Gasteiger partial charge in [0.25, 0.3) is 0 Å². The van der Waals surface area contributed by atoms with E-state index >= 15 is 0 Å². The number of hydrogen-bond acceptors (Lipinski definition) is 3. The Morgan fingerprint density at radius 2 is 1.46 bits per heavy atom. The molecule has 3 nitrogen and oxygen atoms in total. The predicted molar refractivity (Wildman–Crippen MR) is 112 cm³/mol. The van der Waals surface area contributed by atoms with E-state index < -0.39 is 0 Å². The molecule has 0 aliphatic heterocycles. The van der Waals surface area contributed by atoms with Crippen LogP contribution in [0.1, 0.15) is 56.3 Å². The first-order chi connectivity index (χ1) is 13.6. The molecule has 0 saturated heterocycles. The van der Waals surface area contributed by atoms with Crippen molar-refractivity contribution >= 4 is 27.5 Å². The second-order valence-corrected chi connectivity index (χ2v) is 7.68. The normalized spacial score (nSPS) is 12.5. The maximum absolute atomic E-state index is 13.3. The van der Waals surface area contributed by atoms with E-state index in [1.807, 2.05) is 36.4 Å². The van der Waals surface area contributed by atoms with Crippen molar-refractivity contribution in [1.82, 2.24) is 0 Å². The van der Waals surface area contributed by atoms with Crippen molar-refractivity contribution in [3.63, 3.8) is 0 Å². The highest BCUT2D eigenvalue weighted by atomic mass is 79.9. The molecule has 3 aromatic carbocycles. The lowest BCUT2D eigenvalue weighted by atomic mass is 9.82. The summed E-state index contributed by atoms with van der Waals surface area (Å²) in [6.07, 6.45) is 1.67. The lowest BCUT2D eigenvalue weighted by Crippen LogP contribution is -2.23. The van der Waals surface area contributed by atoms with Crippen LogP contribution < -0.4 is 4.74 Å². The predicted octanol–water partition coefficient (Wildman–Crippen LogP) is 5.76. The van der Waals surface area contributed by atoms with Crippen molar-refractivity contribution < 1.29 is 14.3 Å². The third kappa shape index (κ3) is 3.18. The monoisotopic (exact) mass is 434 g/mol. The molecule has 1 aliphatic rings. The summed E-state index contributed by atoms with van der Waals surface area (Å²) in [5.74, 6) is 0.216. The van der Waals surface area contributed by atoms with Gasteiger partial charge in [-0.3, -0.25) is 9.59 Å². The van der Waals surface area contributed by atoms with Gasteiger partial charge in [-0.15, -0.1) is 0 Å². The SMILES string of the molecule is CCCc1cc(Br)c2c(c1OCc1ccccc1)C(=O)c1ccccc1C2=O. The molecule has 28 heavy (non-hydrogen) atoms. The summed E-state index contributed by atoms with van der Waals surface area (Å²) < 4.78 is 6.81. The molecule has 0 heterocycles. The molecule has 3 aromatic rings. The van der Waals surface area contributed by atoms with Gasteiger partial charge in [-0.2, -0.15) is 0 Å². The average Bonchev–Trinajstić information content (AvgIpc) is 2.72. The number of hydrogen-bond donors (Lipinski definition) is 0. The number of carbonyl (C=O) groups excluding carboxylic acids is 2. The van der Waals surface area contributed by atoms with Crippen molar-refractivity contribution in [2.75, 3.05) is 0 Å². The minimum Gasteiger partial charge on any atom is -0.488 e. The largest absolute Gasteiger partial charge is 0.488 e. The number of halogens is 1. The van der Waals surface area contributed by atoms with Gasteiger partial charge >= 0.3 is 0 Å². The van der Waals surface area contributed by atoms with Crippen molar-refractivity contribution in [3.8, 4) is 5.75 Å². The van der Waals surface area contributed by atoms with Crippen LogP contribution in [0, 0.1) is 0 Å². The van der Waals surface area contributed by atoms with Crippen molar-refractivity contribution in [2.24, 2.45) is 0 Å². The summed E-state index contributed by atoms with van der Waals surface area (Å²) in [6.45, 7) is 2.42. The Hall–Kier alpha value is -2.72. The van der Waals surface area contributed by atoms with Gasteiger partial charge in [-0.1, -0.05) is 67.9 Å². The summed E-state index contributed by atoms with van der Waals surface area (Å²) in [4.78, 5) is 26.5. The lowest BCUT2D eigenvalue weighted by molar-refractivity contribution is 0.0974. The number of carbonyl (C=O) groups is 2. The Labute approximate surface area is 172 Å². The highest BCUT2D eigenvalue weighted by molar-refractivity contribution is 9.10. The van der Waals surface area contributed by atoms with Crippen LogP contribution in [0.25, 0.3) is 0 Å². The minimum atomic E-state index is -0.160. The fourth-order valence-electron chi connectivity index (χ4n) is 3.62. The van der Waals surface area contributed by atoms with E-state index in [1.54, 1.807) is 24.3 Å². The van der Waals surface area contributed by atoms with Crippen molar-refractivity contribution in [1.29, 1.82) is 0 Å². The van der Waals surface area contributed by atoms with Crippen LogP contribution in [0.4, 0.5) is 0 Å². The molecule has 0 radical (unpaired) electrons. The fraction of sp³-hybridized carbons (Fsp3) is 0.167. The third-order valence-corrected chi connectivity index (χ3v) is 5.55. The van der Waals surface area contributed by atoms with Crippen LogP contribution in [0.3, 0.4) is 0 Å². The summed E-state index contributed by atoms with van der Waals surface area (Å²) >= 11 is 3.52. The average molecular weight is 435 g/mol. The van der Waals surface area contributed by atoms with E-state index in [9.17, 15) is 9.59 Å². The van der Waals surface area contributed by atoms with Crippen LogP contribution in [-0.4, -0.2) is 11.6 Å². The first kappa shape index (κ1) is 18.6. The maximum Gasteiger partial charge on any atom is 0.198 e. The summed E-state index contributed by atoms with van der Waals surface area (Å²) in [7, 11) is 0. The summed E-state index contributed by atoms with van der Waals surface area (Å²) in [5, 5.41) is 0. The van der Waals surface area contributed by atoms with Gasteiger partial charge in [0.05, 0.1) is 11.1 Å². The smallest absolute Gasteiger partial charge is 0.198 e. The van der Waals surface area contributed by atoms with E-state index in [1.165, 1.54) is 0 Å². The molecule has 4 heteroatoms. The van der Waals surface area contributed by atoms with E-state index in [4.69, 9.17) is 4.74 Å². The van der Waals surface area contributed by atoms with Gasteiger partial charge in [0, 0.05) is 15.6 Å². The minimum absolute atomic E-state index is 0.148. The topological polar surface area (TPSA) is 43.4 Å². The van der Waals surface area contributed by atoms with Gasteiger partial charge in [-0.05, 0) is 39.5 Å². The Bertz CT molecular complexity index is 1070. The molecule has 0 unspecified atom stereocenters. The molecular weight excluding hydrogens is 416 g/mol. The molecule has 4 rings (SSSR count). The van der Waals surface area contributed by atoms with E-state index in [0.717, 1.165) is 24.0 Å². The summed E-state index contributed by atoms with van der Waals surface area (Å²) in [6, 6.07) is 18.7. The standard InChI is InChI=1S/C24H19BrO3/c1-2-8-16-13-19(25)20-21(24(16)28-14-15-9-4-3-5-10-15)23(27)18-12-7-6-11-17(18)22(20)26/h3-7,9-13H,2,8,14H2,1H3. The van der Waals surface area contributed by atoms with Gasteiger partial charge < -0.3 is 4.74 Å². The number of rotatable bonds is 5. The third-order valence-electron chi connectivity index (χ3n) is 4.92. The molecule has 0 atom stereocenters. The lowest BCUT2D eigenvalue weighted by Gasteiger charge is -2.24. The van der Waals surface area contributed by atoms with Crippen LogP contribution in [0.15, 0.2) is 65.1 Å². The van der Waals surface area contributed by atoms with Crippen LogP contribution in [-0.2, 0) is 13.0 Å². The van der Waals surface area contributed by atoms with Gasteiger partial charge in [0.2, 0.25) is 0 Å². The Balaban J connectivity index is 1.87.